The molecule has 0 aliphatic rings. The van der Waals surface area contributed by atoms with Gasteiger partial charge < -0.3 is 10.2 Å². The number of rotatable bonds is 4. The molecule has 6 heteroatoms. The molecule has 2 N–H and O–H groups in total. The second-order valence-corrected chi connectivity index (χ2v) is 5.98. The Hall–Kier alpha value is -0.850. The van der Waals surface area contributed by atoms with E-state index < -0.39 is 0 Å². The van der Waals surface area contributed by atoms with Crippen molar-refractivity contribution in [1.29, 1.82) is 0 Å². The number of nitrogens with zero attached hydrogens (tertiary/aromatic N) is 2. The van der Waals surface area contributed by atoms with Gasteiger partial charge in [0.05, 0.1) is 0 Å². The lowest BCUT2D eigenvalue weighted by Gasteiger charge is -2.07. The van der Waals surface area contributed by atoms with Crippen LogP contribution in [0.1, 0.15) is 18.4 Å². The van der Waals surface area contributed by atoms with Crippen molar-refractivity contribution in [1.82, 2.24) is 10.2 Å². The van der Waals surface area contributed by atoms with Crippen molar-refractivity contribution >= 4 is 27.7 Å². The van der Waals surface area contributed by atoms with E-state index in [1.54, 1.807) is 6.92 Å². The second kappa shape index (κ2) is 5.86. The molecule has 1 heterocycles. The standard InChI is InChI=1S/C12H14BrN3OS/c1-7(14)5-9-3-4-11(10(13)6-9)18-12-16-15-8(2)17-12/h3-4,6-7H,5,14H2,1-2H3. The predicted octanol–water partition coefficient (Wildman–Crippen LogP) is 3.18. The summed E-state index contributed by atoms with van der Waals surface area (Å²) < 4.78 is 6.35. The maximum absolute atomic E-state index is 5.79. The van der Waals surface area contributed by atoms with E-state index in [4.69, 9.17) is 10.2 Å². The molecule has 1 aromatic heterocycles. The van der Waals surface area contributed by atoms with Crippen molar-refractivity contribution in [3.8, 4) is 0 Å². The average molecular weight is 328 g/mol. The smallest absolute Gasteiger partial charge is 0.281 e. The highest BCUT2D eigenvalue weighted by Gasteiger charge is 2.09. The summed E-state index contributed by atoms with van der Waals surface area (Å²) in [6.07, 6.45) is 0.864. The lowest BCUT2D eigenvalue weighted by atomic mass is 10.1. The molecule has 1 aromatic carbocycles. The van der Waals surface area contributed by atoms with Gasteiger partial charge in [0.2, 0.25) is 5.89 Å². The minimum absolute atomic E-state index is 0.161. The summed E-state index contributed by atoms with van der Waals surface area (Å²) in [5, 5.41) is 8.31. The topological polar surface area (TPSA) is 64.9 Å². The van der Waals surface area contributed by atoms with Crippen LogP contribution in [0.5, 0.6) is 0 Å². The first-order valence-corrected chi connectivity index (χ1v) is 7.17. The van der Waals surface area contributed by atoms with E-state index in [2.05, 4.69) is 38.3 Å². The third-order valence-corrected chi connectivity index (χ3v) is 4.09. The summed E-state index contributed by atoms with van der Waals surface area (Å²) in [6.45, 7) is 3.77. The molecular weight excluding hydrogens is 314 g/mol. The van der Waals surface area contributed by atoms with Gasteiger partial charge in [0.1, 0.15) is 0 Å². The summed E-state index contributed by atoms with van der Waals surface area (Å²) in [7, 11) is 0. The van der Waals surface area contributed by atoms with E-state index >= 15 is 0 Å². The molecule has 2 aromatic rings. The third kappa shape index (κ3) is 3.57. The highest BCUT2D eigenvalue weighted by Crippen LogP contribution is 2.33. The average Bonchev–Trinajstić information content (AvgIpc) is 2.67. The van der Waals surface area contributed by atoms with Gasteiger partial charge in [-0.25, -0.2) is 0 Å². The zero-order valence-corrected chi connectivity index (χ0v) is 12.6. The molecule has 0 fully saturated rings. The number of hydrogen-bond acceptors (Lipinski definition) is 5. The first-order valence-electron chi connectivity index (χ1n) is 5.56. The van der Waals surface area contributed by atoms with Gasteiger partial charge in [-0.2, -0.15) is 0 Å². The van der Waals surface area contributed by atoms with Crippen LogP contribution in [0.25, 0.3) is 0 Å². The van der Waals surface area contributed by atoms with Gasteiger partial charge in [0, 0.05) is 22.3 Å². The van der Waals surface area contributed by atoms with E-state index in [1.165, 1.54) is 17.3 Å². The van der Waals surface area contributed by atoms with Crippen LogP contribution in [0.15, 0.2) is 37.2 Å². The van der Waals surface area contributed by atoms with Gasteiger partial charge >= 0.3 is 0 Å². The number of benzene rings is 1. The Bertz CT molecular complexity index is 542. The van der Waals surface area contributed by atoms with E-state index in [9.17, 15) is 0 Å². The fourth-order valence-corrected chi connectivity index (χ4v) is 2.93. The summed E-state index contributed by atoms with van der Waals surface area (Å²) in [6, 6.07) is 6.34. The maximum atomic E-state index is 5.79. The number of halogens is 1. The van der Waals surface area contributed by atoms with Gasteiger partial charge in [0.25, 0.3) is 5.22 Å². The zero-order chi connectivity index (χ0) is 13.1. The number of aryl methyl sites for hydroxylation is 1. The fourth-order valence-electron chi connectivity index (χ4n) is 1.54. The third-order valence-electron chi connectivity index (χ3n) is 2.26. The van der Waals surface area contributed by atoms with Gasteiger partial charge in [-0.05, 0) is 58.7 Å². The Kier molecular flexibility index (Phi) is 4.42. The minimum atomic E-state index is 0.161. The van der Waals surface area contributed by atoms with Crippen LogP contribution in [0.3, 0.4) is 0 Å². The maximum Gasteiger partial charge on any atom is 0.281 e. The monoisotopic (exact) mass is 327 g/mol. The summed E-state index contributed by atoms with van der Waals surface area (Å²) in [5.74, 6) is 0.571. The highest BCUT2D eigenvalue weighted by molar-refractivity contribution is 9.10. The van der Waals surface area contributed by atoms with E-state index in [1.807, 2.05) is 13.0 Å². The molecule has 0 saturated carbocycles. The molecule has 0 amide bonds. The quantitative estimate of drug-likeness (QED) is 0.934. The Labute approximate surface area is 118 Å². The molecule has 0 bridgehead atoms. The highest BCUT2D eigenvalue weighted by atomic mass is 79.9. The number of nitrogens with two attached hydrogens (primary N) is 1. The van der Waals surface area contributed by atoms with Crippen molar-refractivity contribution in [2.24, 2.45) is 5.73 Å². The molecule has 0 radical (unpaired) electrons. The van der Waals surface area contributed by atoms with E-state index in [0.29, 0.717) is 11.1 Å². The van der Waals surface area contributed by atoms with Gasteiger partial charge in [0.15, 0.2) is 0 Å². The molecule has 0 aliphatic carbocycles. The van der Waals surface area contributed by atoms with Gasteiger partial charge in [-0.15, -0.1) is 10.2 Å². The molecule has 1 unspecified atom stereocenters. The molecule has 2 rings (SSSR count). The van der Waals surface area contributed by atoms with Crippen molar-refractivity contribution < 1.29 is 4.42 Å². The Balaban J connectivity index is 2.14. The van der Waals surface area contributed by atoms with Gasteiger partial charge in [-0.3, -0.25) is 0 Å². The fraction of sp³-hybridized carbons (Fsp3) is 0.333. The molecule has 4 nitrogen and oxygen atoms in total. The normalized spacial score (nSPS) is 12.7. The first kappa shape index (κ1) is 13.6. The lowest BCUT2D eigenvalue weighted by molar-refractivity contribution is 0.429. The van der Waals surface area contributed by atoms with Gasteiger partial charge in [-0.1, -0.05) is 6.07 Å². The van der Waals surface area contributed by atoms with Crippen molar-refractivity contribution in [2.45, 2.75) is 36.4 Å². The first-order chi connectivity index (χ1) is 8.54. The van der Waals surface area contributed by atoms with Crippen LogP contribution in [-0.4, -0.2) is 16.2 Å². The molecule has 0 spiro atoms. The van der Waals surface area contributed by atoms with Crippen molar-refractivity contribution in [3.63, 3.8) is 0 Å². The predicted molar refractivity (Wildman–Crippen MR) is 74.7 cm³/mol. The molecular formula is C12H14BrN3OS. The molecule has 0 aliphatic heterocycles. The molecule has 0 saturated heterocycles. The van der Waals surface area contributed by atoms with Crippen molar-refractivity contribution in [3.05, 3.63) is 34.1 Å². The largest absolute Gasteiger partial charge is 0.416 e. The summed E-state index contributed by atoms with van der Waals surface area (Å²) in [5.41, 5.74) is 7.00. The Morgan fingerprint density at radius 3 is 2.78 bits per heavy atom. The second-order valence-electron chi connectivity index (χ2n) is 4.14. The van der Waals surface area contributed by atoms with E-state index in [-0.39, 0.29) is 6.04 Å². The number of hydrogen-bond donors (Lipinski definition) is 1. The Morgan fingerprint density at radius 1 is 1.44 bits per heavy atom. The van der Waals surface area contributed by atoms with Crippen LogP contribution in [0.4, 0.5) is 0 Å². The molecule has 18 heavy (non-hydrogen) atoms. The van der Waals surface area contributed by atoms with Crippen LogP contribution in [0, 0.1) is 6.92 Å². The Morgan fingerprint density at radius 2 is 2.22 bits per heavy atom. The molecule has 96 valence electrons. The zero-order valence-electron chi connectivity index (χ0n) is 10.2. The number of aromatic nitrogens is 2. The van der Waals surface area contributed by atoms with Crippen LogP contribution >= 0.6 is 27.7 Å². The van der Waals surface area contributed by atoms with Crippen molar-refractivity contribution in [2.75, 3.05) is 0 Å². The van der Waals surface area contributed by atoms with Crippen LogP contribution in [0.2, 0.25) is 0 Å². The van der Waals surface area contributed by atoms with Crippen LogP contribution < -0.4 is 5.73 Å². The summed E-state index contributed by atoms with van der Waals surface area (Å²) in [4.78, 5) is 1.05. The molecule has 1 atom stereocenters. The van der Waals surface area contributed by atoms with Crippen LogP contribution in [-0.2, 0) is 6.42 Å². The SMILES string of the molecule is Cc1nnc(Sc2ccc(CC(C)N)cc2Br)o1. The van der Waals surface area contributed by atoms with E-state index in [0.717, 1.165) is 15.8 Å². The minimum Gasteiger partial charge on any atom is -0.416 e. The lowest BCUT2D eigenvalue weighted by Crippen LogP contribution is -2.17. The summed E-state index contributed by atoms with van der Waals surface area (Å²) >= 11 is 4.99.